The normalized spacial score (nSPS) is 10.3. The van der Waals surface area contributed by atoms with Crippen molar-refractivity contribution < 1.29 is 9.18 Å². The Bertz CT molecular complexity index is 601. The summed E-state index contributed by atoms with van der Waals surface area (Å²) >= 11 is 1.51. The highest BCUT2D eigenvalue weighted by molar-refractivity contribution is 7.99. The second-order valence-corrected chi connectivity index (χ2v) is 5.50. The van der Waals surface area contributed by atoms with Crippen molar-refractivity contribution >= 4 is 23.4 Å². The maximum Gasteiger partial charge on any atom is 0.234 e. The second kappa shape index (κ2) is 7.10. The molecule has 20 heavy (non-hydrogen) atoms. The highest BCUT2D eigenvalue weighted by atomic mass is 32.2. The lowest BCUT2D eigenvalue weighted by molar-refractivity contribution is -0.113. The van der Waals surface area contributed by atoms with Gasteiger partial charge in [-0.1, -0.05) is 42.0 Å². The minimum Gasteiger partial charge on any atom is -0.323 e. The molecule has 0 fully saturated rings. The van der Waals surface area contributed by atoms with Crippen LogP contribution in [0.5, 0.6) is 0 Å². The molecule has 0 saturated heterocycles. The molecule has 0 bridgehead atoms. The topological polar surface area (TPSA) is 29.1 Å². The zero-order chi connectivity index (χ0) is 14.4. The number of amides is 1. The van der Waals surface area contributed by atoms with Crippen LogP contribution in [0.1, 0.15) is 11.1 Å². The Kier molecular flexibility index (Phi) is 5.18. The second-order valence-electron chi connectivity index (χ2n) is 4.51. The van der Waals surface area contributed by atoms with E-state index in [-0.39, 0.29) is 11.6 Å². The van der Waals surface area contributed by atoms with Crippen LogP contribution < -0.4 is 5.32 Å². The smallest absolute Gasteiger partial charge is 0.234 e. The first-order chi connectivity index (χ1) is 9.65. The van der Waals surface area contributed by atoms with Crippen LogP contribution in [0.25, 0.3) is 0 Å². The summed E-state index contributed by atoms with van der Waals surface area (Å²) in [6.07, 6.45) is 0. The monoisotopic (exact) mass is 289 g/mol. The van der Waals surface area contributed by atoms with Crippen molar-refractivity contribution in [2.75, 3.05) is 11.1 Å². The molecule has 0 aliphatic heterocycles. The quantitative estimate of drug-likeness (QED) is 0.901. The minimum absolute atomic E-state index is 0.187. The molecule has 1 N–H and O–H groups in total. The van der Waals surface area contributed by atoms with Gasteiger partial charge in [0.05, 0.1) is 11.4 Å². The van der Waals surface area contributed by atoms with E-state index in [1.807, 2.05) is 25.1 Å². The van der Waals surface area contributed by atoms with Gasteiger partial charge in [-0.05, 0) is 24.6 Å². The van der Waals surface area contributed by atoms with Gasteiger partial charge in [-0.25, -0.2) is 4.39 Å². The number of nitrogens with one attached hydrogen (secondary N) is 1. The van der Waals surface area contributed by atoms with E-state index in [4.69, 9.17) is 0 Å². The number of benzene rings is 2. The first-order valence-corrected chi connectivity index (χ1v) is 7.48. The van der Waals surface area contributed by atoms with Gasteiger partial charge in [-0.2, -0.15) is 0 Å². The Hall–Kier alpha value is -1.81. The molecule has 104 valence electrons. The molecule has 2 aromatic carbocycles. The predicted molar refractivity (Wildman–Crippen MR) is 82.4 cm³/mol. The number of para-hydroxylation sites is 1. The van der Waals surface area contributed by atoms with Crippen molar-refractivity contribution in [2.24, 2.45) is 0 Å². The van der Waals surface area contributed by atoms with Crippen LogP contribution in [0.3, 0.4) is 0 Å². The molecule has 0 saturated carbocycles. The SMILES string of the molecule is Cc1cccc(CSCC(=O)Nc2ccccc2F)c1. The summed E-state index contributed by atoms with van der Waals surface area (Å²) in [5, 5.41) is 2.57. The van der Waals surface area contributed by atoms with Crippen molar-refractivity contribution in [1.29, 1.82) is 0 Å². The Balaban J connectivity index is 1.80. The zero-order valence-electron chi connectivity index (χ0n) is 11.2. The first-order valence-electron chi connectivity index (χ1n) is 6.33. The maximum absolute atomic E-state index is 13.4. The maximum atomic E-state index is 13.4. The van der Waals surface area contributed by atoms with Gasteiger partial charge in [0.1, 0.15) is 5.82 Å². The van der Waals surface area contributed by atoms with Crippen LogP contribution in [0.2, 0.25) is 0 Å². The lowest BCUT2D eigenvalue weighted by Crippen LogP contribution is -2.15. The number of carbonyl (C=O) groups excluding carboxylic acids is 1. The molecule has 0 aliphatic carbocycles. The number of halogens is 1. The summed E-state index contributed by atoms with van der Waals surface area (Å²) in [6, 6.07) is 14.4. The molecule has 1 amide bonds. The van der Waals surface area contributed by atoms with Crippen molar-refractivity contribution in [2.45, 2.75) is 12.7 Å². The summed E-state index contributed by atoms with van der Waals surface area (Å²) in [6.45, 7) is 2.04. The van der Waals surface area contributed by atoms with Gasteiger partial charge in [0.2, 0.25) is 5.91 Å². The molecule has 0 heterocycles. The van der Waals surface area contributed by atoms with E-state index in [1.54, 1.807) is 18.2 Å². The molecule has 4 heteroatoms. The summed E-state index contributed by atoms with van der Waals surface area (Å²) in [4.78, 5) is 11.7. The highest BCUT2D eigenvalue weighted by Crippen LogP contribution is 2.16. The van der Waals surface area contributed by atoms with Gasteiger partial charge in [0.25, 0.3) is 0 Å². The average molecular weight is 289 g/mol. The van der Waals surface area contributed by atoms with Crippen molar-refractivity contribution in [3.8, 4) is 0 Å². The summed E-state index contributed by atoms with van der Waals surface area (Å²) < 4.78 is 13.4. The van der Waals surface area contributed by atoms with Gasteiger partial charge in [-0.15, -0.1) is 11.8 Å². The molecule has 2 aromatic rings. The van der Waals surface area contributed by atoms with Gasteiger partial charge in [0.15, 0.2) is 0 Å². The van der Waals surface area contributed by atoms with E-state index in [0.717, 1.165) is 5.75 Å². The predicted octanol–water partition coefficient (Wildman–Crippen LogP) is 4.01. The molecule has 0 radical (unpaired) electrons. The third-order valence-corrected chi connectivity index (χ3v) is 3.74. The number of carbonyl (C=O) groups is 1. The molecule has 2 nitrogen and oxygen atoms in total. The highest BCUT2D eigenvalue weighted by Gasteiger charge is 2.06. The average Bonchev–Trinajstić information content (AvgIpc) is 2.41. The third-order valence-electron chi connectivity index (χ3n) is 2.73. The number of hydrogen-bond donors (Lipinski definition) is 1. The van der Waals surface area contributed by atoms with Gasteiger partial charge < -0.3 is 5.32 Å². The number of aryl methyl sites for hydroxylation is 1. The van der Waals surface area contributed by atoms with E-state index in [9.17, 15) is 9.18 Å². The fourth-order valence-corrected chi connectivity index (χ4v) is 2.59. The third kappa shape index (κ3) is 4.38. The Morgan fingerprint density at radius 3 is 2.75 bits per heavy atom. The molecule has 0 unspecified atom stereocenters. The van der Waals surface area contributed by atoms with Crippen LogP contribution in [0.15, 0.2) is 48.5 Å². The number of anilines is 1. The largest absolute Gasteiger partial charge is 0.323 e. The van der Waals surface area contributed by atoms with Crippen LogP contribution in [0, 0.1) is 12.7 Å². The van der Waals surface area contributed by atoms with E-state index < -0.39 is 5.82 Å². The molecule has 0 atom stereocenters. The lowest BCUT2D eigenvalue weighted by atomic mass is 10.2. The van der Waals surface area contributed by atoms with Gasteiger partial charge in [-0.3, -0.25) is 4.79 Å². The van der Waals surface area contributed by atoms with E-state index in [2.05, 4.69) is 11.4 Å². The minimum atomic E-state index is -0.412. The van der Waals surface area contributed by atoms with Crippen molar-refractivity contribution in [3.05, 3.63) is 65.5 Å². The number of hydrogen-bond acceptors (Lipinski definition) is 2. The van der Waals surface area contributed by atoms with Crippen LogP contribution >= 0.6 is 11.8 Å². The van der Waals surface area contributed by atoms with Gasteiger partial charge >= 0.3 is 0 Å². The van der Waals surface area contributed by atoms with Crippen LogP contribution in [-0.2, 0) is 10.5 Å². The van der Waals surface area contributed by atoms with Crippen molar-refractivity contribution in [3.63, 3.8) is 0 Å². The fourth-order valence-electron chi connectivity index (χ4n) is 1.81. The summed E-state index contributed by atoms with van der Waals surface area (Å²) in [5.41, 5.74) is 2.63. The molecular weight excluding hydrogens is 273 g/mol. The Labute approximate surface area is 122 Å². The van der Waals surface area contributed by atoms with Crippen LogP contribution in [-0.4, -0.2) is 11.7 Å². The molecule has 0 aliphatic rings. The van der Waals surface area contributed by atoms with E-state index in [0.29, 0.717) is 5.75 Å². The molecule has 2 rings (SSSR count). The number of thioether (sulfide) groups is 1. The first kappa shape index (κ1) is 14.6. The molecule has 0 spiro atoms. The zero-order valence-corrected chi connectivity index (χ0v) is 12.0. The fraction of sp³-hybridized carbons (Fsp3) is 0.188. The van der Waals surface area contributed by atoms with Gasteiger partial charge in [0, 0.05) is 5.75 Å². The van der Waals surface area contributed by atoms with E-state index >= 15 is 0 Å². The molecule has 0 aromatic heterocycles. The summed E-state index contributed by atoms with van der Waals surface area (Å²) in [5.74, 6) is 0.478. The lowest BCUT2D eigenvalue weighted by Gasteiger charge is -2.06. The van der Waals surface area contributed by atoms with E-state index in [1.165, 1.54) is 29.0 Å². The number of rotatable bonds is 5. The Morgan fingerprint density at radius 2 is 2.00 bits per heavy atom. The summed E-state index contributed by atoms with van der Waals surface area (Å²) in [7, 11) is 0. The Morgan fingerprint density at radius 1 is 1.20 bits per heavy atom. The standard InChI is InChI=1S/C16H16FNOS/c1-12-5-4-6-13(9-12)10-20-11-16(19)18-15-8-3-2-7-14(15)17/h2-9H,10-11H2,1H3,(H,18,19). The van der Waals surface area contributed by atoms with Crippen molar-refractivity contribution in [1.82, 2.24) is 0 Å². The van der Waals surface area contributed by atoms with Crippen LogP contribution in [0.4, 0.5) is 10.1 Å². The molecular formula is C16H16FNOS.